The van der Waals surface area contributed by atoms with Gasteiger partial charge in [-0.3, -0.25) is 9.80 Å². The largest absolute Gasteiger partial charge is 0.495 e. The van der Waals surface area contributed by atoms with Gasteiger partial charge in [0.2, 0.25) is 0 Å². The summed E-state index contributed by atoms with van der Waals surface area (Å²) in [5.41, 5.74) is 13.4. The van der Waals surface area contributed by atoms with E-state index in [9.17, 15) is 19.6 Å². The van der Waals surface area contributed by atoms with Crippen LogP contribution in [0.25, 0.3) is 0 Å². The Labute approximate surface area is 393 Å². The summed E-state index contributed by atoms with van der Waals surface area (Å²) in [4.78, 5) is 27.3. The summed E-state index contributed by atoms with van der Waals surface area (Å²) in [6.45, 7) is 16.8. The maximum absolute atomic E-state index is 12.0. The van der Waals surface area contributed by atoms with E-state index >= 15 is 0 Å². The maximum atomic E-state index is 12.0. The number of benzene rings is 4. The van der Waals surface area contributed by atoms with Gasteiger partial charge in [-0.1, -0.05) is 90.9 Å². The topological polar surface area (TPSA) is 162 Å². The Balaban J connectivity index is 0.000000230. The molecule has 0 radical (unpaired) electrons. The van der Waals surface area contributed by atoms with Gasteiger partial charge in [0.05, 0.1) is 38.5 Å². The molecule has 4 heterocycles. The summed E-state index contributed by atoms with van der Waals surface area (Å²) >= 11 is 0. The van der Waals surface area contributed by atoms with Gasteiger partial charge >= 0.3 is 26.4 Å². The van der Waals surface area contributed by atoms with Gasteiger partial charge in [-0.25, -0.2) is 9.59 Å². The van der Waals surface area contributed by atoms with Crippen molar-refractivity contribution in [1.29, 1.82) is 0 Å². The van der Waals surface area contributed by atoms with Crippen LogP contribution in [0.3, 0.4) is 0 Å². The van der Waals surface area contributed by atoms with E-state index in [1.165, 1.54) is 11.1 Å². The van der Waals surface area contributed by atoms with Crippen LogP contribution in [0.5, 0.6) is 11.5 Å². The summed E-state index contributed by atoms with van der Waals surface area (Å²) in [7, 11) is -1.85. The molecular weight excluding hydrogens is 836 g/mol. The van der Waals surface area contributed by atoms with Crippen molar-refractivity contribution < 1.29 is 47.9 Å². The number of nitrogens with two attached hydrogens (primary N) is 1. The highest BCUT2D eigenvalue weighted by molar-refractivity contribution is 6.63. The van der Waals surface area contributed by atoms with Crippen molar-refractivity contribution in [3.8, 4) is 11.5 Å². The summed E-state index contributed by atoms with van der Waals surface area (Å²) in [5.74, 6) is 1.43. The Morgan fingerprint density at radius 2 is 1.17 bits per heavy atom. The van der Waals surface area contributed by atoms with Crippen molar-refractivity contribution >= 4 is 48.7 Å². The number of ether oxygens (including phenoxy) is 4. The lowest BCUT2D eigenvalue weighted by Gasteiger charge is -2.13. The molecule has 0 aliphatic carbocycles. The van der Waals surface area contributed by atoms with Crippen LogP contribution in [0, 0.1) is 0 Å². The van der Waals surface area contributed by atoms with Crippen molar-refractivity contribution in [3.63, 3.8) is 0 Å². The number of fused-ring (bicyclic) bond motifs is 2. The number of cyclic esters (lactones) is 2. The zero-order valence-corrected chi connectivity index (χ0v) is 40.1. The third kappa shape index (κ3) is 13.3. The third-order valence-corrected chi connectivity index (χ3v) is 11.9. The summed E-state index contributed by atoms with van der Waals surface area (Å²) < 4.78 is 33.5. The minimum absolute atomic E-state index is 0.0123. The highest BCUT2D eigenvalue weighted by Gasteiger charge is 2.38. The molecule has 4 aromatic rings. The molecule has 8 rings (SSSR count). The Kier molecular flexibility index (Phi) is 20.7. The molecule has 4 aliphatic heterocycles. The first-order valence-corrected chi connectivity index (χ1v) is 24.2. The lowest BCUT2D eigenvalue weighted by atomic mass is 9.78. The van der Waals surface area contributed by atoms with Crippen molar-refractivity contribution in [2.75, 3.05) is 42.6 Å². The van der Waals surface area contributed by atoms with Crippen LogP contribution in [-0.4, -0.2) is 81.5 Å². The molecule has 2 amide bonds. The molecule has 2 fully saturated rings. The van der Waals surface area contributed by atoms with E-state index in [0.717, 1.165) is 91.5 Å². The van der Waals surface area contributed by atoms with Crippen LogP contribution in [-0.2, 0) is 31.6 Å². The Bertz CT molecular complexity index is 2110. The second-order valence-corrected chi connectivity index (χ2v) is 16.1. The highest BCUT2D eigenvalue weighted by atomic mass is 16.6. The second-order valence-electron chi connectivity index (χ2n) is 16.1. The van der Waals surface area contributed by atoms with Crippen molar-refractivity contribution in [3.05, 3.63) is 107 Å². The fourth-order valence-electron chi connectivity index (χ4n) is 8.29. The van der Waals surface area contributed by atoms with Gasteiger partial charge in [0.15, 0.2) is 0 Å². The molecule has 15 heteroatoms. The number of rotatable bonds is 18. The van der Waals surface area contributed by atoms with Gasteiger partial charge in [0, 0.05) is 23.4 Å². The van der Waals surface area contributed by atoms with E-state index in [1.807, 2.05) is 109 Å². The number of nitrogens with zero attached hydrogens (tertiary/aromatic N) is 2. The second kappa shape index (κ2) is 26.3. The summed E-state index contributed by atoms with van der Waals surface area (Å²) in [6, 6.07) is 27.7. The summed E-state index contributed by atoms with van der Waals surface area (Å²) in [6.07, 6.45) is 7.33. The molecule has 2 saturated heterocycles. The predicted octanol–water partition coefficient (Wildman–Crippen LogP) is 8.59. The fraction of sp³-hybridized carbons (Fsp3) is 0.490. The predicted molar refractivity (Wildman–Crippen MR) is 263 cm³/mol. The number of amides is 2. The first-order valence-electron chi connectivity index (χ1n) is 24.2. The minimum atomic E-state index is -0.987. The monoisotopic (exact) mass is 908 g/mol. The van der Waals surface area contributed by atoms with E-state index in [-0.39, 0.29) is 36.6 Å². The molecule has 4 N–H and O–H groups in total. The SMILES string of the molecule is CC.CC.CCC1CN(c2ccc(CCCCOc3ccc4c(c3)B(O)O[C@@H]4CC)cc2)C(=O)O1.CCC1CN(c2ccc(CCCCOc3cccc4c3B(O)O[C@@H]4CN)cc2)C(=O)O1. The first kappa shape index (κ1) is 51.9. The number of hydrogen-bond acceptors (Lipinski definition) is 11. The van der Waals surface area contributed by atoms with Crippen molar-refractivity contribution in [2.45, 2.75) is 131 Å². The number of anilines is 2. The number of unbranched alkanes of at least 4 members (excludes halogenated alkanes) is 2. The Morgan fingerprint density at radius 1 is 0.636 bits per heavy atom. The molecule has 4 aliphatic rings. The van der Waals surface area contributed by atoms with Gasteiger partial charge in [-0.05, 0) is 128 Å². The molecule has 0 spiro atoms. The van der Waals surface area contributed by atoms with Crippen LogP contribution >= 0.6 is 0 Å². The molecule has 4 aromatic carbocycles. The zero-order chi connectivity index (χ0) is 47.6. The fourth-order valence-corrected chi connectivity index (χ4v) is 8.29. The van der Waals surface area contributed by atoms with E-state index in [4.69, 9.17) is 34.0 Å². The standard InChI is InChI=1S/C24H30BNO5.C23H29BN2O5.2C2H6/c1-3-19-16-26(24(27)30-19)18-10-8-17(9-11-18)7-5-6-14-29-20-12-13-21-22(15-20)25(28)31-23(21)4-2;1-2-18-15-26(23(27)30-18)17-11-9-16(10-12-17)6-3-4-13-29-20-8-5-7-19-21(14-25)31-24(28)22(19)20;2*1-2/h8-13,15,19,23,28H,3-7,14,16H2,1-2H3;5,7-12,18,21,28H,2-4,6,13-15,25H2,1H3;2*1-2H3/t19?,23-;18?,21-;;/m11../s1. The van der Waals surface area contributed by atoms with Gasteiger partial charge in [0.25, 0.3) is 0 Å². The molecule has 13 nitrogen and oxygen atoms in total. The molecule has 4 atom stereocenters. The summed E-state index contributed by atoms with van der Waals surface area (Å²) in [5, 5.41) is 20.2. The van der Waals surface area contributed by atoms with Crippen LogP contribution in [0.4, 0.5) is 21.0 Å². The normalized spacial score (nSPS) is 19.1. The zero-order valence-electron chi connectivity index (χ0n) is 40.1. The smallest absolute Gasteiger partial charge is 0.494 e. The van der Waals surface area contributed by atoms with Crippen LogP contribution in [0.2, 0.25) is 0 Å². The van der Waals surface area contributed by atoms with Crippen molar-refractivity contribution in [2.24, 2.45) is 5.73 Å². The quantitative estimate of drug-likeness (QED) is 0.0648. The van der Waals surface area contributed by atoms with Crippen LogP contribution in [0.1, 0.15) is 128 Å². The molecule has 0 bridgehead atoms. The first-order chi connectivity index (χ1) is 32.2. The molecule has 0 aromatic heterocycles. The van der Waals surface area contributed by atoms with Gasteiger partial charge < -0.3 is 44.0 Å². The number of aryl methyl sites for hydroxylation is 2. The lowest BCUT2D eigenvalue weighted by Crippen LogP contribution is -2.30. The van der Waals surface area contributed by atoms with Gasteiger partial charge in [0.1, 0.15) is 23.7 Å². The van der Waals surface area contributed by atoms with Gasteiger partial charge in [-0.2, -0.15) is 0 Å². The van der Waals surface area contributed by atoms with E-state index in [0.29, 0.717) is 44.1 Å². The third-order valence-electron chi connectivity index (χ3n) is 11.9. The van der Waals surface area contributed by atoms with E-state index < -0.39 is 14.2 Å². The van der Waals surface area contributed by atoms with Gasteiger partial charge in [-0.15, -0.1) is 0 Å². The highest BCUT2D eigenvalue weighted by Crippen LogP contribution is 2.30. The number of carbonyl (C=O) groups excluding carboxylic acids is 2. The lowest BCUT2D eigenvalue weighted by molar-refractivity contribution is 0.138. The molecule has 0 saturated carbocycles. The average molecular weight is 908 g/mol. The molecule has 2 unspecified atom stereocenters. The molecule has 66 heavy (non-hydrogen) atoms. The van der Waals surface area contributed by atoms with E-state index in [1.54, 1.807) is 9.80 Å². The van der Waals surface area contributed by atoms with Crippen LogP contribution < -0.4 is 35.9 Å². The van der Waals surface area contributed by atoms with Crippen molar-refractivity contribution in [1.82, 2.24) is 0 Å². The number of hydrogen-bond donors (Lipinski definition) is 3. The Hall–Kier alpha value is -5.05. The van der Waals surface area contributed by atoms with E-state index in [2.05, 4.69) is 24.3 Å². The molecule has 356 valence electrons. The Morgan fingerprint density at radius 3 is 1.67 bits per heavy atom. The number of carbonyl (C=O) groups is 2. The van der Waals surface area contributed by atoms with Crippen LogP contribution in [0.15, 0.2) is 84.9 Å². The molecular formula is C51H71B2N3O10. The maximum Gasteiger partial charge on any atom is 0.495 e. The average Bonchev–Trinajstić information content (AvgIpc) is 4.12. The minimum Gasteiger partial charge on any atom is -0.494 e.